The molecular weight excluding hydrogens is 230 g/mol. The quantitative estimate of drug-likeness (QED) is 0.733. The third kappa shape index (κ3) is 4.43. The first-order valence-corrected chi connectivity index (χ1v) is 6.17. The number of rotatable bonds is 7. The zero-order valence-corrected chi connectivity index (χ0v) is 11.1. The van der Waals surface area contributed by atoms with Gasteiger partial charge in [-0.25, -0.2) is 4.79 Å². The first kappa shape index (κ1) is 14.6. The highest BCUT2D eigenvalue weighted by atomic mass is 16.5. The number of ether oxygens (including phenoxy) is 1. The molecule has 0 saturated carbocycles. The van der Waals surface area contributed by atoms with Crippen molar-refractivity contribution in [1.29, 1.82) is 0 Å². The molecule has 1 aromatic rings. The molecule has 2 N–H and O–H groups in total. The molecule has 18 heavy (non-hydrogen) atoms. The molecule has 5 heteroatoms. The van der Waals surface area contributed by atoms with Crippen LogP contribution >= 0.6 is 0 Å². The van der Waals surface area contributed by atoms with E-state index >= 15 is 0 Å². The predicted octanol–water partition coefficient (Wildman–Crippen LogP) is 1.04. The molecule has 0 radical (unpaired) electrons. The van der Waals surface area contributed by atoms with Crippen LogP contribution in [0.5, 0.6) is 0 Å². The summed E-state index contributed by atoms with van der Waals surface area (Å²) in [5.74, 6) is -0.360. The van der Waals surface area contributed by atoms with Crippen LogP contribution in [0.15, 0.2) is 18.3 Å². The van der Waals surface area contributed by atoms with Crippen LogP contribution in [0, 0.1) is 0 Å². The maximum Gasteiger partial charge on any atom is 0.339 e. The second-order valence-corrected chi connectivity index (χ2v) is 4.09. The topological polar surface area (TPSA) is 68.5 Å². The maximum atomic E-state index is 11.3. The number of esters is 1. The molecule has 0 aliphatic rings. The summed E-state index contributed by atoms with van der Waals surface area (Å²) in [6.07, 6.45) is 2.63. The molecule has 1 aromatic heterocycles. The summed E-state index contributed by atoms with van der Waals surface area (Å²) in [5, 5.41) is 0. The monoisotopic (exact) mass is 251 g/mol. The van der Waals surface area contributed by atoms with Gasteiger partial charge in [-0.2, -0.15) is 0 Å². The van der Waals surface area contributed by atoms with E-state index in [4.69, 9.17) is 5.73 Å². The average molecular weight is 251 g/mol. The average Bonchev–Trinajstić information content (AvgIpc) is 2.39. The van der Waals surface area contributed by atoms with E-state index in [1.807, 2.05) is 6.07 Å². The lowest BCUT2D eigenvalue weighted by molar-refractivity contribution is 0.0600. The number of nitrogens with two attached hydrogens (primary N) is 1. The van der Waals surface area contributed by atoms with Gasteiger partial charge in [-0.3, -0.25) is 9.88 Å². The number of hydrogen-bond donors (Lipinski definition) is 1. The molecule has 100 valence electrons. The van der Waals surface area contributed by atoms with Gasteiger partial charge in [0.05, 0.1) is 18.4 Å². The highest BCUT2D eigenvalue weighted by molar-refractivity contribution is 5.88. The summed E-state index contributed by atoms with van der Waals surface area (Å²) >= 11 is 0. The summed E-state index contributed by atoms with van der Waals surface area (Å²) in [6, 6.07) is 3.59. The zero-order valence-electron chi connectivity index (χ0n) is 11.1. The number of aromatic nitrogens is 1. The van der Waals surface area contributed by atoms with Gasteiger partial charge in [-0.15, -0.1) is 0 Å². The number of methoxy groups -OCH3 is 1. The smallest absolute Gasteiger partial charge is 0.339 e. The highest BCUT2D eigenvalue weighted by Gasteiger charge is 2.08. The van der Waals surface area contributed by atoms with Gasteiger partial charge in [0, 0.05) is 25.8 Å². The Kier molecular flexibility index (Phi) is 6.32. The summed E-state index contributed by atoms with van der Waals surface area (Å²) in [7, 11) is 1.36. The fourth-order valence-corrected chi connectivity index (χ4v) is 1.75. The number of carbonyl (C=O) groups excluding carboxylic acids is 1. The second-order valence-electron chi connectivity index (χ2n) is 4.09. The van der Waals surface area contributed by atoms with E-state index in [2.05, 4.69) is 21.5 Å². The van der Waals surface area contributed by atoms with Crippen molar-refractivity contribution >= 4 is 5.97 Å². The number of carbonyl (C=O) groups is 1. The van der Waals surface area contributed by atoms with E-state index in [1.165, 1.54) is 7.11 Å². The van der Waals surface area contributed by atoms with Crippen LogP contribution in [0.2, 0.25) is 0 Å². The van der Waals surface area contributed by atoms with Gasteiger partial charge in [-0.1, -0.05) is 6.92 Å². The molecule has 5 nitrogen and oxygen atoms in total. The SMILES string of the molecule is CCCN(CCN)Cc1ccc(C(=O)OC)cn1. The molecule has 0 saturated heterocycles. The van der Waals surface area contributed by atoms with E-state index in [-0.39, 0.29) is 5.97 Å². The summed E-state index contributed by atoms with van der Waals surface area (Å²) < 4.78 is 4.63. The van der Waals surface area contributed by atoms with Crippen molar-refractivity contribution in [1.82, 2.24) is 9.88 Å². The fraction of sp³-hybridized carbons (Fsp3) is 0.538. The second kappa shape index (κ2) is 7.79. The minimum Gasteiger partial charge on any atom is -0.465 e. The Morgan fingerprint density at radius 2 is 2.22 bits per heavy atom. The number of nitrogens with zero attached hydrogens (tertiary/aromatic N) is 2. The summed E-state index contributed by atoms with van der Waals surface area (Å²) in [5.41, 5.74) is 6.98. The van der Waals surface area contributed by atoms with Crippen molar-refractivity contribution in [2.24, 2.45) is 5.73 Å². The molecule has 0 atom stereocenters. The normalized spacial score (nSPS) is 10.7. The lowest BCUT2D eigenvalue weighted by Gasteiger charge is -2.20. The van der Waals surface area contributed by atoms with Gasteiger partial charge in [-0.05, 0) is 25.1 Å². The fourth-order valence-electron chi connectivity index (χ4n) is 1.75. The zero-order chi connectivity index (χ0) is 13.4. The Balaban J connectivity index is 2.63. The van der Waals surface area contributed by atoms with Gasteiger partial charge in [0.1, 0.15) is 0 Å². The standard InChI is InChI=1S/C13H21N3O2/c1-3-7-16(8-6-14)10-12-5-4-11(9-15-12)13(17)18-2/h4-5,9H,3,6-8,10,14H2,1-2H3. The first-order valence-electron chi connectivity index (χ1n) is 6.17. The lowest BCUT2D eigenvalue weighted by Crippen LogP contribution is -2.30. The molecular formula is C13H21N3O2. The minimum atomic E-state index is -0.360. The Hall–Kier alpha value is -1.46. The lowest BCUT2D eigenvalue weighted by atomic mass is 10.2. The predicted molar refractivity (Wildman–Crippen MR) is 70.2 cm³/mol. The Bertz CT molecular complexity index is 359. The van der Waals surface area contributed by atoms with Crippen molar-refractivity contribution in [2.45, 2.75) is 19.9 Å². The van der Waals surface area contributed by atoms with Crippen LogP contribution in [0.1, 0.15) is 29.4 Å². The molecule has 0 aromatic carbocycles. The Labute approximate surface area is 108 Å². The molecule has 0 aliphatic heterocycles. The van der Waals surface area contributed by atoms with Crippen molar-refractivity contribution in [3.8, 4) is 0 Å². The molecule has 0 spiro atoms. The van der Waals surface area contributed by atoms with Crippen molar-refractivity contribution in [3.63, 3.8) is 0 Å². The van der Waals surface area contributed by atoms with E-state index in [1.54, 1.807) is 12.3 Å². The molecule has 0 fully saturated rings. The Morgan fingerprint density at radius 1 is 1.44 bits per heavy atom. The van der Waals surface area contributed by atoms with E-state index in [0.717, 1.165) is 31.7 Å². The third-order valence-corrected chi connectivity index (χ3v) is 2.62. The van der Waals surface area contributed by atoms with Crippen molar-refractivity contribution in [2.75, 3.05) is 26.7 Å². The number of hydrogen-bond acceptors (Lipinski definition) is 5. The van der Waals surface area contributed by atoms with Gasteiger partial charge in [0.25, 0.3) is 0 Å². The van der Waals surface area contributed by atoms with E-state index in [0.29, 0.717) is 12.1 Å². The van der Waals surface area contributed by atoms with Crippen LogP contribution in [-0.4, -0.2) is 42.6 Å². The molecule has 1 rings (SSSR count). The minimum absolute atomic E-state index is 0.360. The van der Waals surface area contributed by atoms with Crippen LogP contribution in [0.3, 0.4) is 0 Å². The van der Waals surface area contributed by atoms with Crippen LogP contribution in [-0.2, 0) is 11.3 Å². The largest absolute Gasteiger partial charge is 0.465 e. The summed E-state index contributed by atoms with van der Waals surface area (Å²) in [4.78, 5) is 17.8. The molecule has 0 amide bonds. The molecule has 0 aliphatic carbocycles. The van der Waals surface area contributed by atoms with Gasteiger partial charge < -0.3 is 10.5 Å². The van der Waals surface area contributed by atoms with E-state index in [9.17, 15) is 4.79 Å². The van der Waals surface area contributed by atoms with Crippen molar-refractivity contribution in [3.05, 3.63) is 29.6 Å². The number of pyridine rings is 1. The van der Waals surface area contributed by atoms with Gasteiger partial charge in [0.2, 0.25) is 0 Å². The van der Waals surface area contributed by atoms with E-state index < -0.39 is 0 Å². The van der Waals surface area contributed by atoms with Gasteiger partial charge in [0.15, 0.2) is 0 Å². The Morgan fingerprint density at radius 3 is 2.72 bits per heavy atom. The maximum absolute atomic E-state index is 11.3. The summed E-state index contributed by atoms with van der Waals surface area (Å²) in [6.45, 7) is 5.38. The first-order chi connectivity index (χ1) is 8.71. The molecule has 0 bridgehead atoms. The van der Waals surface area contributed by atoms with Crippen LogP contribution in [0.4, 0.5) is 0 Å². The van der Waals surface area contributed by atoms with Crippen LogP contribution < -0.4 is 5.73 Å². The molecule has 1 heterocycles. The van der Waals surface area contributed by atoms with Crippen molar-refractivity contribution < 1.29 is 9.53 Å². The highest BCUT2D eigenvalue weighted by Crippen LogP contribution is 2.05. The van der Waals surface area contributed by atoms with Gasteiger partial charge >= 0.3 is 5.97 Å². The third-order valence-electron chi connectivity index (χ3n) is 2.62. The van der Waals surface area contributed by atoms with Crippen LogP contribution in [0.25, 0.3) is 0 Å². The molecule has 0 unspecified atom stereocenters.